The van der Waals surface area contributed by atoms with E-state index in [1.165, 1.54) is 0 Å². The number of methoxy groups -OCH3 is 2. The van der Waals surface area contributed by atoms with E-state index in [-0.39, 0.29) is 11.9 Å². The number of carbonyl (C=O) groups excluding carboxylic acids is 1. The Morgan fingerprint density at radius 2 is 1.94 bits per heavy atom. The van der Waals surface area contributed by atoms with Crippen molar-refractivity contribution in [3.05, 3.63) is 59.0 Å². The maximum atomic E-state index is 13.8. The molecule has 6 rings (SSSR count). The number of piperidine rings is 1. The minimum absolute atomic E-state index is 0.0272. The molecular weight excluding hydrogens is 418 g/mol. The van der Waals surface area contributed by atoms with Crippen LogP contribution in [0.5, 0.6) is 11.5 Å². The molecule has 33 heavy (non-hydrogen) atoms. The van der Waals surface area contributed by atoms with Gasteiger partial charge in [-0.25, -0.2) is 4.98 Å². The van der Waals surface area contributed by atoms with Gasteiger partial charge in [-0.1, -0.05) is 12.1 Å². The van der Waals surface area contributed by atoms with Crippen molar-refractivity contribution in [1.29, 1.82) is 0 Å². The number of para-hydroxylation sites is 2. The summed E-state index contributed by atoms with van der Waals surface area (Å²) in [5.41, 5.74) is 6.27. The summed E-state index contributed by atoms with van der Waals surface area (Å²) in [4.78, 5) is 23.9. The Kier molecular flexibility index (Phi) is 4.60. The number of aromatic nitrogens is 4. The van der Waals surface area contributed by atoms with Gasteiger partial charge in [-0.2, -0.15) is 5.10 Å². The third kappa shape index (κ3) is 3.08. The molecule has 2 aliphatic rings. The number of nitrogens with zero attached hydrogens (tertiary/aromatic N) is 3. The highest BCUT2D eigenvalue weighted by molar-refractivity contribution is 5.97. The number of ether oxygens (including phenoxy) is 2. The summed E-state index contributed by atoms with van der Waals surface area (Å²) >= 11 is 0. The lowest BCUT2D eigenvalue weighted by molar-refractivity contribution is 0.0594. The van der Waals surface area contributed by atoms with Crippen molar-refractivity contribution in [2.45, 2.75) is 31.7 Å². The van der Waals surface area contributed by atoms with E-state index in [0.717, 1.165) is 58.5 Å². The molecule has 168 valence electrons. The first kappa shape index (κ1) is 19.8. The zero-order valence-electron chi connectivity index (χ0n) is 18.6. The molecule has 2 aromatic carbocycles. The summed E-state index contributed by atoms with van der Waals surface area (Å²) in [7, 11) is 3.25. The first-order valence-corrected chi connectivity index (χ1v) is 11.3. The predicted octanol–water partition coefficient (Wildman–Crippen LogP) is 4.24. The first-order chi connectivity index (χ1) is 16.2. The number of benzene rings is 2. The Balaban J connectivity index is 1.35. The molecule has 1 aliphatic heterocycles. The zero-order valence-corrected chi connectivity index (χ0v) is 18.6. The summed E-state index contributed by atoms with van der Waals surface area (Å²) in [6.07, 6.45) is 3.56. The molecule has 0 bridgehead atoms. The van der Waals surface area contributed by atoms with E-state index in [2.05, 4.69) is 15.2 Å². The van der Waals surface area contributed by atoms with Crippen molar-refractivity contribution in [3.8, 4) is 22.8 Å². The molecule has 1 saturated heterocycles. The fourth-order valence-electron chi connectivity index (χ4n) is 5.15. The molecule has 1 unspecified atom stereocenters. The van der Waals surface area contributed by atoms with Crippen LogP contribution in [0.3, 0.4) is 0 Å². The zero-order chi connectivity index (χ0) is 22.5. The van der Waals surface area contributed by atoms with Gasteiger partial charge in [0.05, 0.1) is 37.0 Å². The number of hydrogen-bond donors (Lipinski definition) is 2. The highest BCUT2D eigenvalue weighted by Crippen LogP contribution is 2.43. The highest BCUT2D eigenvalue weighted by atomic mass is 16.5. The molecule has 1 atom stereocenters. The standard InChI is InChI=1S/C25H25N5O3/c1-32-20-12-14-11-16-22(15(14)13-21(20)33-2)28-29-23(16)25(31)30-10-6-5-9-19(30)24-26-17-7-3-4-8-18(17)27-24/h3-4,7-8,12-13,19H,5-6,9-11H2,1-2H3,(H,26,27)(H,28,29). The summed E-state index contributed by atoms with van der Waals surface area (Å²) in [5.74, 6) is 2.15. The van der Waals surface area contributed by atoms with Crippen LogP contribution in [0, 0.1) is 0 Å². The topological polar surface area (TPSA) is 96.1 Å². The number of fused-ring (bicyclic) bond motifs is 4. The quantitative estimate of drug-likeness (QED) is 0.433. The predicted molar refractivity (Wildman–Crippen MR) is 124 cm³/mol. The molecule has 8 nitrogen and oxygen atoms in total. The van der Waals surface area contributed by atoms with Crippen molar-refractivity contribution >= 4 is 16.9 Å². The van der Waals surface area contributed by atoms with E-state index in [1.54, 1.807) is 14.2 Å². The van der Waals surface area contributed by atoms with E-state index in [1.807, 2.05) is 41.3 Å². The lowest BCUT2D eigenvalue weighted by Crippen LogP contribution is -2.39. The van der Waals surface area contributed by atoms with Crippen LogP contribution in [0.2, 0.25) is 0 Å². The smallest absolute Gasteiger partial charge is 0.272 e. The molecule has 0 saturated carbocycles. The van der Waals surface area contributed by atoms with Crippen LogP contribution < -0.4 is 9.47 Å². The van der Waals surface area contributed by atoms with Gasteiger partial charge in [0.25, 0.3) is 5.91 Å². The van der Waals surface area contributed by atoms with Gasteiger partial charge in [-0.15, -0.1) is 0 Å². The van der Waals surface area contributed by atoms with Gasteiger partial charge in [0, 0.05) is 24.1 Å². The van der Waals surface area contributed by atoms with Gasteiger partial charge < -0.3 is 19.4 Å². The first-order valence-electron chi connectivity index (χ1n) is 11.3. The van der Waals surface area contributed by atoms with Crippen LogP contribution in [-0.4, -0.2) is 51.7 Å². The van der Waals surface area contributed by atoms with Crippen molar-refractivity contribution in [3.63, 3.8) is 0 Å². The summed E-state index contributed by atoms with van der Waals surface area (Å²) in [6.45, 7) is 0.697. The molecule has 2 aromatic heterocycles. The minimum Gasteiger partial charge on any atom is -0.493 e. The largest absolute Gasteiger partial charge is 0.493 e. The highest BCUT2D eigenvalue weighted by Gasteiger charge is 2.35. The Morgan fingerprint density at radius 1 is 1.12 bits per heavy atom. The Morgan fingerprint density at radius 3 is 2.76 bits per heavy atom. The number of carbonyl (C=O) groups is 1. The average Bonchev–Trinajstić information content (AvgIpc) is 3.55. The molecule has 3 heterocycles. The molecule has 2 N–H and O–H groups in total. The second kappa shape index (κ2) is 7.65. The van der Waals surface area contributed by atoms with Crippen molar-refractivity contribution < 1.29 is 14.3 Å². The Labute approximate surface area is 190 Å². The molecule has 0 spiro atoms. The Bertz CT molecular complexity index is 1340. The van der Waals surface area contributed by atoms with Crippen LogP contribution in [0.4, 0.5) is 0 Å². The van der Waals surface area contributed by atoms with Crippen LogP contribution >= 0.6 is 0 Å². The fraction of sp³-hybridized carbons (Fsp3) is 0.320. The lowest BCUT2D eigenvalue weighted by atomic mass is 10.00. The molecular formula is C25H25N5O3. The number of nitrogens with one attached hydrogen (secondary N) is 2. The van der Waals surface area contributed by atoms with Crippen LogP contribution in [0.1, 0.15) is 52.7 Å². The van der Waals surface area contributed by atoms with E-state index in [4.69, 9.17) is 14.5 Å². The number of hydrogen-bond acceptors (Lipinski definition) is 5. The van der Waals surface area contributed by atoms with Crippen molar-refractivity contribution in [2.75, 3.05) is 20.8 Å². The number of imidazole rings is 1. The molecule has 8 heteroatoms. The summed E-state index contributed by atoms with van der Waals surface area (Å²) < 4.78 is 10.9. The van der Waals surface area contributed by atoms with Gasteiger partial charge in [-0.05, 0) is 49.1 Å². The van der Waals surface area contributed by atoms with E-state index in [9.17, 15) is 4.79 Å². The molecule has 4 aromatic rings. The third-order valence-electron chi connectivity index (χ3n) is 6.80. The number of H-pyrrole nitrogens is 2. The maximum Gasteiger partial charge on any atom is 0.272 e. The van der Waals surface area contributed by atoms with Crippen molar-refractivity contribution in [2.24, 2.45) is 0 Å². The summed E-state index contributed by atoms with van der Waals surface area (Å²) in [6, 6.07) is 11.8. The number of rotatable bonds is 4. The second-order valence-electron chi connectivity index (χ2n) is 8.62. The van der Waals surface area contributed by atoms with Crippen molar-refractivity contribution in [1.82, 2.24) is 25.1 Å². The molecule has 1 aliphatic carbocycles. The number of aromatic amines is 2. The monoisotopic (exact) mass is 443 g/mol. The summed E-state index contributed by atoms with van der Waals surface area (Å²) in [5, 5.41) is 7.56. The van der Waals surface area contributed by atoms with Gasteiger partial charge in [-0.3, -0.25) is 9.89 Å². The Hall–Kier alpha value is -3.81. The lowest BCUT2D eigenvalue weighted by Gasteiger charge is -2.34. The van der Waals surface area contributed by atoms with Gasteiger partial charge in [0.2, 0.25) is 0 Å². The van der Waals surface area contributed by atoms with Gasteiger partial charge in [0.1, 0.15) is 11.5 Å². The van der Waals surface area contributed by atoms with E-state index in [0.29, 0.717) is 30.2 Å². The molecule has 1 fully saturated rings. The van der Waals surface area contributed by atoms with Crippen LogP contribution in [0.15, 0.2) is 36.4 Å². The molecule has 1 amide bonds. The number of amides is 1. The second-order valence-corrected chi connectivity index (χ2v) is 8.62. The van der Waals surface area contributed by atoms with Crippen LogP contribution in [0.25, 0.3) is 22.3 Å². The van der Waals surface area contributed by atoms with E-state index >= 15 is 0 Å². The third-order valence-corrected chi connectivity index (χ3v) is 6.80. The molecule has 0 radical (unpaired) electrons. The van der Waals surface area contributed by atoms with Gasteiger partial charge >= 0.3 is 0 Å². The van der Waals surface area contributed by atoms with E-state index < -0.39 is 0 Å². The van der Waals surface area contributed by atoms with Gasteiger partial charge in [0.15, 0.2) is 11.5 Å². The average molecular weight is 444 g/mol. The SMILES string of the molecule is COc1cc2c(cc1OC)-c1n[nH]c(C(=O)N3CCCCC3c3nc4ccccc4[nH]3)c1C2. The number of likely N-dealkylation sites (tertiary alicyclic amines) is 1. The normalized spacial score (nSPS) is 17.2. The van der Waals surface area contributed by atoms with Crippen LogP contribution in [-0.2, 0) is 6.42 Å². The minimum atomic E-state index is -0.0819. The fourth-order valence-corrected chi connectivity index (χ4v) is 5.15. The maximum absolute atomic E-state index is 13.8.